The number of thioether (sulfide) groups is 1. The van der Waals surface area contributed by atoms with Crippen molar-refractivity contribution in [3.63, 3.8) is 0 Å². The summed E-state index contributed by atoms with van der Waals surface area (Å²) >= 11 is 8.07. The largest absolute Gasteiger partial charge is 0.330 e. The highest BCUT2D eigenvalue weighted by Crippen LogP contribution is 2.25. The Bertz CT molecular complexity index is 543. The molecule has 4 heteroatoms. The van der Waals surface area contributed by atoms with Gasteiger partial charge in [-0.25, -0.2) is 4.98 Å². The van der Waals surface area contributed by atoms with E-state index in [1.165, 1.54) is 5.56 Å². The normalized spacial score (nSPS) is 11.1. The minimum Gasteiger partial charge on any atom is -0.330 e. The lowest BCUT2D eigenvalue weighted by atomic mass is 10.1. The Balaban J connectivity index is 2.18. The van der Waals surface area contributed by atoms with Crippen molar-refractivity contribution in [2.24, 2.45) is 5.73 Å². The molecule has 0 bridgehead atoms. The van der Waals surface area contributed by atoms with Gasteiger partial charge in [0.15, 0.2) is 0 Å². The van der Waals surface area contributed by atoms with Gasteiger partial charge in [0.2, 0.25) is 0 Å². The number of fused-ring (bicyclic) bond motifs is 1. The summed E-state index contributed by atoms with van der Waals surface area (Å²) in [5.74, 6) is 1.97. The lowest BCUT2D eigenvalue weighted by Crippen LogP contribution is -1.99. The van der Waals surface area contributed by atoms with Gasteiger partial charge in [0.05, 0.1) is 5.52 Å². The number of aromatic nitrogens is 1. The van der Waals surface area contributed by atoms with E-state index in [1.54, 1.807) is 0 Å². The molecule has 18 heavy (non-hydrogen) atoms. The first-order valence-electron chi connectivity index (χ1n) is 6.04. The van der Waals surface area contributed by atoms with E-state index in [4.69, 9.17) is 17.3 Å². The molecule has 0 fully saturated rings. The molecule has 0 radical (unpaired) electrons. The van der Waals surface area contributed by atoms with Crippen LogP contribution in [0.15, 0.2) is 24.3 Å². The van der Waals surface area contributed by atoms with Gasteiger partial charge in [0, 0.05) is 16.7 Å². The molecule has 0 amide bonds. The minimum atomic E-state index is 0.619. The summed E-state index contributed by atoms with van der Waals surface area (Å²) < 4.78 is 0. The second-order valence-electron chi connectivity index (χ2n) is 4.33. The summed E-state index contributed by atoms with van der Waals surface area (Å²) in [7, 11) is 0. The maximum absolute atomic E-state index is 6.22. The van der Waals surface area contributed by atoms with E-state index >= 15 is 0 Å². The van der Waals surface area contributed by atoms with E-state index in [2.05, 4.69) is 36.2 Å². The fourth-order valence-corrected chi connectivity index (χ4v) is 3.01. The molecule has 1 heterocycles. The van der Waals surface area contributed by atoms with Crippen LogP contribution in [-0.2, 0) is 5.75 Å². The fraction of sp³-hybridized carbons (Fsp3) is 0.357. The van der Waals surface area contributed by atoms with Crippen LogP contribution in [0.2, 0.25) is 5.15 Å². The highest BCUT2D eigenvalue weighted by atomic mass is 35.5. The molecule has 1 aromatic heterocycles. The van der Waals surface area contributed by atoms with Crippen molar-refractivity contribution in [2.45, 2.75) is 19.1 Å². The molecule has 2 rings (SSSR count). The maximum Gasteiger partial charge on any atom is 0.133 e. The second-order valence-corrected chi connectivity index (χ2v) is 5.79. The van der Waals surface area contributed by atoms with Gasteiger partial charge in [-0.15, -0.1) is 0 Å². The predicted molar refractivity (Wildman–Crippen MR) is 81.3 cm³/mol. The number of pyridine rings is 1. The summed E-state index contributed by atoms with van der Waals surface area (Å²) in [6.45, 7) is 2.81. The van der Waals surface area contributed by atoms with Crippen LogP contribution in [0, 0.1) is 6.92 Å². The molecule has 0 saturated heterocycles. The third-order valence-electron chi connectivity index (χ3n) is 2.75. The Hall–Kier alpha value is -0.770. The van der Waals surface area contributed by atoms with Gasteiger partial charge in [-0.3, -0.25) is 0 Å². The van der Waals surface area contributed by atoms with Gasteiger partial charge in [0.25, 0.3) is 0 Å². The zero-order valence-corrected chi connectivity index (χ0v) is 12.0. The number of rotatable bonds is 5. The van der Waals surface area contributed by atoms with Gasteiger partial charge in [-0.05, 0) is 43.3 Å². The van der Waals surface area contributed by atoms with Crippen molar-refractivity contribution >= 4 is 34.3 Å². The standard InChI is InChI=1S/C14H17ClN2S/c1-10-3-4-11-8-12(9-18-6-2-5-16)14(15)17-13(11)7-10/h3-4,7-8H,2,5-6,9,16H2,1H3. The average molecular weight is 281 g/mol. The van der Waals surface area contributed by atoms with Gasteiger partial charge < -0.3 is 5.73 Å². The van der Waals surface area contributed by atoms with E-state index in [1.807, 2.05) is 11.8 Å². The Morgan fingerprint density at radius 1 is 1.33 bits per heavy atom. The number of aryl methyl sites for hydroxylation is 1. The third-order valence-corrected chi connectivity index (χ3v) is 4.17. The number of benzene rings is 1. The van der Waals surface area contributed by atoms with Crippen molar-refractivity contribution in [1.82, 2.24) is 4.98 Å². The molecule has 96 valence electrons. The molecule has 0 unspecified atom stereocenters. The first kappa shape index (κ1) is 13.7. The number of nitrogens with zero attached hydrogens (tertiary/aromatic N) is 1. The molecular formula is C14H17ClN2S. The molecule has 0 aliphatic rings. The van der Waals surface area contributed by atoms with Crippen molar-refractivity contribution in [3.8, 4) is 0 Å². The van der Waals surface area contributed by atoms with Gasteiger partial charge in [-0.2, -0.15) is 11.8 Å². The zero-order valence-electron chi connectivity index (χ0n) is 10.4. The first-order valence-corrected chi connectivity index (χ1v) is 7.57. The topological polar surface area (TPSA) is 38.9 Å². The molecule has 1 aromatic carbocycles. The highest BCUT2D eigenvalue weighted by molar-refractivity contribution is 7.98. The smallest absolute Gasteiger partial charge is 0.133 e. The van der Waals surface area contributed by atoms with Gasteiger partial charge in [0.1, 0.15) is 5.15 Å². The number of nitrogens with two attached hydrogens (primary N) is 1. The first-order chi connectivity index (χ1) is 8.70. The third kappa shape index (κ3) is 3.37. The van der Waals surface area contributed by atoms with Crippen LogP contribution >= 0.6 is 23.4 Å². The summed E-state index contributed by atoms with van der Waals surface area (Å²) in [5, 5.41) is 1.77. The zero-order chi connectivity index (χ0) is 13.0. The monoisotopic (exact) mass is 280 g/mol. The van der Waals surface area contributed by atoms with Crippen LogP contribution in [0.5, 0.6) is 0 Å². The highest BCUT2D eigenvalue weighted by Gasteiger charge is 2.05. The van der Waals surface area contributed by atoms with Crippen molar-refractivity contribution in [1.29, 1.82) is 0 Å². The molecule has 2 aromatic rings. The molecule has 0 saturated carbocycles. The quantitative estimate of drug-likeness (QED) is 0.669. The number of halogens is 1. The van der Waals surface area contributed by atoms with Crippen LogP contribution < -0.4 is 5.73 Å². The van der Waals surface area contributed by atoms with Crippen LogP contribution in [0.3, 0.4) is 0 Å². The summed E-state index contributed by atoms with van der Waals surface area (Å²) in [6.07, 6.45) is 1.04. The number of hydrogen-bond donors (Lipinski definition) is 1. The van der Waals surface area contributed by atoms with Crippen molar-refractivity contribution < 1.29 is 0 Å². The molecule has 0 aliphatic carbocycles. The molecule has 0 spiro atoms. The van der Waals surface area contributed by atoms with Crippen molar-refractivity contribution in [2.75, 3.05) is 12.3 Å². The van der Waals surface area contributed by atoms with E-state index in [0.29, 0.717) is 5.15 Å². The Morgan fingerprint density at radius 3 is 2.94 bits per heavy atom. The van der Waals surface area contributed by atoms with Gasteiger partial charge >= 0.3 is 0 Å². The Morgan fingerprint density at radius 2 is 2.17 bits per heavy atom. The summed E-state index contributed by atoms with van der Waals surface area (Å²) in [6, 6.07) is 8.40. The molecule has 0 aliphatic heterocycles. The predicted octanol–water partition coefficient (Wildman–Crippen LogP) is 3.78. The van der Waals surface area contributed by atoms with Crippen LogP contribution in [0.4, 0.5) is 0 Å². The van der Waals surface area contributed by atoms with Crippen molar-refractivity contribution in [3.05, 3.63) is 40.5 Å². The Labute approximate surface area is 117 Å². The van der Waals surface area contributed by atoms with Gasteiger partial charge in [-0.1, -0.05) is 23.7 Å². The molecular weight excluding hydrogens is 264 g/mol. The average Bonchev–Trinajstić information content (AvgIpc) is 2.35. The molecule has 0 atom stereocenters. The summed E-state index contributed by atoms with van der Waals surface area (Å²) in [4.78, 5) is 4.46. The SMILES string of the molecule is Cc1ccc2cc(CSCCCN)c(Cl)nc2c1. The minimum absolute atomic E-state index is 0.619. The molecule has 2 N–H and O–H groups in total. The van der Waals surface area contributed by atoms with Crippen LogP contribution in [0.1, 0.15) is 17.5 Å². The van der Waals surface area contributed by atoms with E-state index < -0.39 is 0 Å². The lowest BCUT2D eigenvalue weighted by molar-refractivity contribution is 0.943. The van der Waals surface area contributed by atoms with E-state index in [0.717, 1.165) is 40.9 Å². The van der Waals surface area contributed by atoms with E-state index in [-0.39, 0.29) is 0 Å². The van der Waals surface area contributed by atoms with Crippen LogP contribution in [0.25, 0.3) is 10.9 Å². The fourth-order valence-electron chi connectivity index (χ4n) is 1.77. The van der Waals surface area contributed by atoms with E-state index in [9.17, 15) is 0 Å². The Kier molecular flexibility index (Phi) is 4.87. The van der Waals surface area contributed by atoms with Crippen LogP contribution in [-0.4, -0.2) is 17.3 Å². The summed E-state index contributed by atoms with van der Waals surface area (Å²) in [5.41, 5.74) is 8.75. The lowest BCUT2D eigenvalue weighted by Gasteiger charge is -2.06. The number of hydrogen-bond acceptors (Lipinski definition) is 3. The molecule has 2 nitrogen and oxygen atoms in total. The second kappa shape index (κ2) is 6.41. The maximum atomic E-state index is 6.22.